The van der Waals surface area contributed by atoms with Crippen molar-refractivity contribution in [1.82, 2.24) is 29.7 Å². The van der Waals surface area contributed by atoms with Gasteiger partial charge in [0.15, 0.2) is 16.9 Å². The van der Waals surface area contributed by atoms with E-state index >= 15 is 0 Å². The molecule has 4 heterocycles. The molecule has 0 fully saturated rings. The number of alkyl halides is 2. The first-order valence-electron chi connectivity index (χ1n) is 10.5. The fraction of sp³-hybridized carbons (Fsp3) is 0.174. The third-order valence-electron chi connectivity index (χ3n) is 5.35. The third kappa shape index (κ3) is 4.55. The maximum atomic E-state index is 14.6. The highest BCUT2D eigenvalue weighted by atomic mass is 35.5. The zero-order valence-corrected chi connectivity index (χ0v) is 18.8. The Hall–Kier alpha value is -3.96. The van der Waals surface area contributed by atoms with Crippen LogP contribution >= 0.6 is 11.6 Å². The average molecular weight is 498 g/mol. The summed E-state index contributed by atoms with van der Waals surface area (Å²) in [6.45, 7) is -1.10. The number of aromatic nitrogens is 6. The summed E-state index contributed by atoms with van der Waals surface area (Å²) in [5, 5.41) is 17.5. The first-order chi connectivity index (χ1) is 17.0. The predicted octanol–water partition coefficient (Wildman–Crippen LogP) is 4.18. The first-order valence-corrected chi connectivity index (χ1v) is 10.9. The Bertz CT molecular complexity index is 1450. The molecule has 0 aliphatic heterocycles. The second kappa shape index (κ2) is 9.35. The van der Waals surface area contributed by atoms with Crippen LogP contribution < -0.4 is 5.32 Å². The highest BCUT2D eigenvalue weighted by Gasteiger charge is 2.33. The van der Waals surface area contributed by atoms with Crippen molar-refractivity contribution in [3.63, 3.8) is 0 Å². The second-order valence-corrected chi connectivity index (χ2v) is 8.05. The minimum atomic E-state index is -3.24. The molecule has 0 aliphatic rings. The number of nitrogens with one attached hydrogen (secondary N) is 1. The Morgan fingerprint density at radius 2 is 2.03 bits per heavy atom. The standard InChI is InChI=1S/C23H18ClF2N7O2/c24-14-4-5-17(33-13-27-12-31-33)15(9-14)16(10-34)22-32-20-18(35-22)6-8-29-21(20)30-11-23(25,26)19-3-1-2-7-28-19/h1-9,12-13,16,34H,10-11H2,(H,29,30). The molecule has 1 aromatic carbocycles. The van der Waals surface area contributed by atoms with Crippen LogP contribution in [0.1, 0.15) is 23.1 Å². The fourth-order valence-electron chi connectivity index (χ4n) is 3.67. The largest absolute Gasteiger partial charge is 0.440 e. The van der Waals surface area contributed by atoms with Gasteiger partial charge in [0.2, 0.25) is 5.89 Å². The van der Waals surface area contributed by atoms with Crippen molar-refractivity contribution in [2.24, 2.45) is 0 Å². The smallest absolute Gasteiger partial charge is 0.306 e. The van der Waals surface area contributed by atoms with E-state index in [4.69, 9.17) is 16.0 Å². The molecule has 0 amide bonds. The van der Waals surface area contributed by atoms with Crippen molar-refractivity contribution < 1.29 is 18.3 Å². The van der Waals surface area contributed by atoms with Gasteiger partial charge in [-0.2, -0.15) is 13.9 Å². The summed E-state index contributed by atoms with van der Waals surface area (Å²) in [4.78, 5) is 16.3. The zero-order valence-electron chi connectivity index (χ0n) is 18.0. The molecule has 0 spiro atoms. The van der Waals surface area contributed by atoms with Crippen molar-refractivity contribution >= 4 is 28.5 Å². The SMILES string of the molecule is OCC(c1nc2c(NCC(F)(F)c3ccccn3)nccc2o1)c1cc(Cl)ccc1-n1cncn1. The summed E-state index contributed by atoms with van der Waals surface area (Å²) >= 11 is 6.23. The average Bonchev–Trinajstić information content (AvgIpc) is 3.55. The van der Waals surface area contributed by atoms with Gasteiger partial charge in [-0.1, -0.05) is 17.7 Å². The minimum Gasteiger partial charge on any atom is -0.440 e. The molecule has 4 aromatic heterocycles. The molecule has 0 saturated carbocycles. The lowest BCUT2D eigenvalue weighted by atomic mass is 9.98. The number of benzene rings is 1. The Morgan fingerprint density at radius 1 is 1.14 bits per heavy atom. The molecule has 0 radical (unpaired) electrons. The molecule has 2 N–H and O–H groups in total. The van der Waals surface area contributed by atoms with Crippen LogP contribution in [0.2, 0.25) is 5.02 Å². The third-order valence-corrected chi connectivity index (χ3v) is 5.59. The normalized spacial score (nSPS) is 12.7. The van der Waals surface area contributed by atoms with Gasteiger partial charge in [-0.15, -0.1) is 0 Å². The topological polar surface area (TPSA) is 115 Å². The summed E-state index contributed by atoms with van der Waals surface area (Å²) < 4.78 is 36.7. The maximum absolute atomic E-state index is 14.6. The minimum absolute atomic E-state index is 0.118. The van der Waals surface area contributed by atoms with Crippen LogP contribution in [0.5, 0.6) is 0 Å². The number of hydrogen-bond acceptors (Lipinski definition) is 8. The van der Waals surface area contributed by atoms with Gasteiger partial charge in [-0.25, -0.2) is 19.6 Å². The number of halogens is 3. The summed E-state index contributed by atoms with van der Waals surface area (Å²) in [5.41, 5.74) is 1.44. The highest BCUT2D eigenvalue weighted by molar-refractivity contribution is 6.30. The zero-order chi connectivity index (χ0) is 24.4. The molecule has 5 rings (SSSR count). The fourth-order valence-corrected chi connectivity index (χ4v) is 3.85. The quantitative estimate of drug-likeness (QED) is 0.328. The van der Waals surface area contributed by atoms with Gasteiger partial charge in [-0.05, 0) is 35.9 Å². The number of aliphatic hydroxyl groups is 1. The Morgan fingerprint density at radius 3 is 2.77 bits per heavy atom. The predicted molar refractivity (Wildman–Crippen MR) is 124 cm³/mol. The van der Waals surface area contributed by atoms with E-state index in [0.29, 0.717) is 21.9 Å². The second-order valence-electron chi connectivity index (χ2n) is 7.61. The molecule has 1 unspecified atom stereocenters. The summed E-state index contributed by atoms with van der Waals surface area (Å²) in [6, 6.07) is 11.0. The molecule has 9 nitrogen and oxygen atoms in total. The van der Waals surface area contributed by atoms with Crippen molar-refractivity contribution in [3.8, 4) is 5.69 Å². The molecule has 178 valence electrons. The molecule has 35 heavy (non-hydrogen) atoms. The lowest BCUT2D eigenvalue weighted by Gasteiger charge is -2.16. The first kappa shape index (κ1) is 22.8. The van der Waals surface area contributed by atoms with E-state index in [1.54, 1.807) is 30.3 Å². The molecule has 0 saturated heterocycles. The van der Waals surface area contributed by atoms with Gasteiger partial charge in [0.25, 0.3) is 0 Å². The molecule has 1 atom stereocenters. The Kier molecular flexibility index (Phi) is 6.10. The lowest BCUT2D eigenvalue weighted by Crippen LogP contribution is -2.26. The van der Waals surface area contributed by atoms with E-state index in [9.17, 15) is 13.9 Å². The van der Waals surface area contributed by atoms with E-state index in [2.05, 4.69) is 30.4 Å². The molecule has 0 bridgehead atoms. The summed E-state index contributed by atoms with van der Waals surface area (Å²) in [6.07, 6.45) is 5.63. The van der Waals surface area contributed by atoms with Crippen LogP contribution in [0.15, 0.2) is 71.9 Å². The Balaban J connectivity index is 1.49. The molecular formula is C23H18ClF2N7O2. The van der Waals surface area contributed by atoms with Crippen molar-refractivity contribution in [2.45, 2.75) is 11.8 Å². The number of oxazole rings is 1. The number of hydrogen-bond donors (Lipinski definition) is 2. The summed E-state index contributed by atoms with van der Waals surface area (Å²) in [5.74, 6) is -3.67. The van der Waals surface area contributed by atoms with Crippen LogP contribution in [0.3, 0.4) is 0 Å². The van der Waals surface area contributed by atoms with Crippen LogP contribution in [-0.4, -0.2) is 48.0 Å². The van der Waals surface area contributed by atoms with E-state index in [1.807, 2.05) is 0 Å². The van der Waals surface area contributed by atoms with Crippen LogP contribution in [0, 0.1) is 0 Å². The maximum Gasteiger partial charge on any atom is 0.306 e. The van der Waals surface area contributed by atoms with E-state index in [-0.39, 0.29) is 29.5 Å². The van der Waals surface area contributed by atoms with Gasteiger partial charge in [0, 0.05) is 23.5 Å². The van der Waals surface area contributed by atoms with Crippen molar-refractivity contribution in [1.29, 1.82) is 0 Å². The Labute approximate surface area is 202 Å². The number of rotatable bonds is 8. The molecule has 5 aromatic rings. The van der Waals surface area contributed by atoms with Crippen molar-refractivity contribution in [2.75, 3.05) is 18.5 Å². The van der Waals surface area contributed by atoms with Gasteiger partial charge in [0.1, 0.15) is 18.3 Å². The van der Waals surface area contributed by atoms with E-state index < -0.39 is 18.4 Å². The number of anilines is 1. The van der Waals surface area contributed by atoms with Gasteiger partial charge in [0.05, 0.1) is 24.8 Å². The van der Waals surface area contributed by atoms with Gasteiger partial charge >= 0.3 is 5.92 Å². The number of nitrogens with zero attached hydrogens (tertiary/aromatic N) is 6. The van der Waals surface area contributed by atoms with Gasteiger partial charge < -0.3 is 14.8 Å². The van der Waals surface area contributed by atoms with Gasteiger partial charge in [-0.3, -0.25) is 4.98 Å². The van der Waals surface area contributed by atoms with E-state index in [1.165, 1.54) is 41.9 Å². The van der Waals surface area contributed by atoms with Crippen LogP contribution in [-0.2, 0) is 5.92 Å². The highest BCUT2D eigenvalue weighted by Crippen LogP contribution is 2.34. The van der Waals surface area contributed by atoms with Crippen molar-refractivity contribution in [3.05, 3.63) is 89.7 Å². The lowest BCUT2D eigenvalue weighted by molar-refractivity contribution is 0.00594. The molecule has 12 heteroatoms. The van der Waals surface area contributed by atoms with Crippen LogP contribution in [0.4, 0.5) is 14.6 Å². The summed E-state index contributed by atoms with van der Waals surface area (Å²) in [7, 11) is 0. The molecular weight excluding hydrogens is 480 g/mol. The number of pyridine rings is 2. The van der Waals surface area contributed by atoms with Crippen LogP contribution in [0.25, 0.3) is 16.8 Å². The van der Waals surface area contributed by atoms with E-state index in [0.717, 1.165) is 0 Å². The number of fused-ring (bicyclic) bond motifs is 1. The number of aliphatic hydroxyl groups excluding tert-OH is 1. The monoisotopic (exact) mass is 497 g/mol. The molecule has 0 aliphatic carbocycles.